The van der Waals surface area contributed by atoms with Crippen molar-refractivity contribution >= 4 is 17.6 Å². The predicted octanol–water partition coefficient (Wildman–Crippen LogP) is 1.97. The van der Waals surface area contributed by atoms with Crippen LogP contribution in [0, 0.1) is 6.92 Å². The molecule has 0 atom stereocenters. The Labute approximate surface area is 107 Å². The number of amides is 3. The molecular formula is C13H19N3O2. The third kappa shape index (κ3) is 3.23. The molecule has 0 fully saturated rings. The maximum absolute atomic E-state index is 11.8. The lowest BCUT2D eigenvalue weighted by Crippen LogP contribution is -2.34. The van der Waals surface area contributed by atoms with Gasteiger partial charge >= 0.3 is 6.03 Å². The second-order valence-electron chi connectivity index (χ2n) is 4.00. The van der Waals surface area contributed by atoms with E-state index >= 15 is 0 Å². The van der Waals surface area contributed by atoms with E-state index in [9.17, 15) is 9.59 Å². The fourth-order valence-corrected chi connectivity index (χ4v) is 1.68. The van der Waals surface area contributed by atoms with Gasteiger partial charge in [-0.05, 0) is 38.5 Å². The molecule has 0 radical (unpaired) electrons. The molecule has 3 amide bonds. The summed E-state index contributed by atoms with van der Waals surface area (Å²) in [7, 11) is 0. The zero-order valence-electron chi connectivity index (χ0n) is 11.0. The molecule has 1 aromatic carbocycles. The lowest BCUT2D eigenvalue weighted by Gasteiger charge is -2.19. The van der Waals surface area contributed by atoms with Crippen molar-refractivity contribution < 1.29 is 9.59 Å². The summed E-state index contributed by atoms with van der Waals surface area (Å²) in [6, 6.07) is 4.93. The molecule has 0 aliphatic carbocycles. The Bertz CT molecular complexity index is 454. The molecule has 1 aromatic rings. The molecule has 18 heavy (non-hydrogen) atoms. The van der Waals surface area contributed by atoms with Gasteiger partial charge in [-0.2, -0.15) is 0 Å². The van der Waals surface area contributed by atoms with Crippen LogP contribution < -0.4 is 11.1 Å². The first-order valence-corrected chi connectivity index (χ1v) is 5.96. The number of nitrogens with zero attached hydrogens (tertiary/aromatic N) is 1. The molecule has 98 valence electrons. The average molecular weight is 249 g/mol. The number of anilines is 1. The highest BCUT2D eigenvalue weighted by molar-refractivity contribution is 5.97. The van der Waals surface area contributed by atoms with Gasteiger partial charge in [0.05, 0.1) is 0 Å². The fraction of sp³-hybridized carbons (Fsp3) is 0.385. The van der Waals surface area contributed by atoms with Gasteiger partial charge in [0.1, 0.15) is 0 Å². The topological polar surface area (TPSA) is 75.4 Å². The highest BCUT2D eigenvalue weighted by Crippen LogP contribution is 2.15. The van der Waals surface area contributed by atoms with E-state index < -0.39 is 5.91 Å². The zero-order chi connectivity index (χ0) is 13.7. The SMILES string of the molecule is CCN(CC)C(=O)Nc1ccc(C)c(C(N)=O)c1. The first-order chi connectivity index (χ1) is 8.49. The lowest BCUT2D eigenvalue weighted by atomic mass is 10.1. The Morgan fingerprint density at radius 3 is 2.39 bits per heavy atom. The molecule has 0 heterocycles. The van der Waals surface area contributed by atoms with Crippen LogP contribution >= 0.6 is 0 Å². The van der Waals surface area contributed by atoms with E-state index in [2.05, 4.69) is 5.32 Å². The van der Waals surface area contributed by atoms with E-state index in [0.717, 1.165) is 5.56 Å². The Morgan fingerprint density at radius 2 is 1.89 bits per heavy atom. The van der Waals surface area contributed by atoms with Crippen LogP contribution in [-0.2, 0) is 0 Å². The molecule has 0 spiro atoms. The molecule has 3 N–H and O–H groups in total. The fourth-order valence-electron chi connectivity index (χ4n) is 1.68. The van der Waals surface area contributed by atoms with E-state index in [1.165, 1.54) is 0 Å². The first-order valence-electron chi connectivity index (χ1n) is 5.96. The quantitative estimate of drug-likeness (QED) is 0.856. The number of carbonyl (C=O) groups is 2. The van der Waals surface area contributed by atoms with Crippen molar-refractivity contribution in [2.75, 3.05) is 18.4 Å². The van der Waals surface area contributed by atoms with Crippen LogP contribution in [0.5, 0.6) is 0 Å². The van der Waals surface area contributed by atoms with Crippen molar-refractivity contribution in [1.82, 2.24) is 4.90 Å². The molecule has 0 bridgehead atoms. The van der Waals surface area contributed by atoms with Crippen LogP contribution in [0.3, 0.4) is 0 Å². The number of urea groups is 1. The van der Waals surface area contributed by atoms with Gasteiger partial charge in [0, 0.05) is 24.3 Å². The van der Waals surface area contributed by atoms with E-state index in [1.807, 2.05) is 13.8 Å². The second kappa shape index (κ2) is 6.05. The van der Waals surface area contributed by atoms with Crippen molar-refractivity contribution in [2.24, 2.45) is 5.73 Å². The van der Waals surface area contributed by atoms with Crippen LogP contribution in [0.25, 0.3) is 0 Å². The number of hydrogen-bond donors (Lipinski definition) is 2. The Kier molecular flexibility index (Phi) is 4.71. The smallest absolute Gasteiger partial charge is 0.321 e. The molecule has 0 saturated carbocycles. The predicted molar refractivity (Wildman–Crippen MR) is 71.6 cm³/mol. The van der Waals surface area contributed by atoms with Crippen molar-refractivity contribution in [3.8, 4) is 0 Å². The van der Waals surface area contributed by atoms with Crippen LogP contribution in [0.1, 0.15) is 29.8 Å². The molecule has 5 nitrogen and oxygen atoms in total. The largest absolute Gasteiger partial charge is 0.366 e. The van der Waals surface area contributed by atoms with Gasteiger partial charge in [0.25, 0.3) is 0 Å². The minimum absolute atomic E-state index is 0.181. The maximum atomic E-state index is 11.8. The molecule has 0 saturated heterocycles. The van der Waals surface area contributed by atoms with E-state index in [-0.39, 0.29) is 6.03 Å². The van der Waals surface area contributed by atoms with Crippen LogP contribution in [-0.4, -0.2) is 29.9 Å². The number of aryl methyl sites for hydroxylation is 1. The molecule has 0 aromatic heterocycles. The summed E-state index contributed by atoms with van der Waals surface area (Å²) in [4.78, 5) is 24.7. The summed E-state index contributed by atoms with van der Waals surface area (Å²) >= 11 is 0. The minimum atomic E-state index is -0.494. The molecule has 0 aliphatic rings. The van der Waals surface area contributed by atoms with Gasteiger partial charge < -0.3 is 16.0 Å². The van der Waals surface area contributed by atoms with Gasteiger partial charge in [-0.15, -0.1) is 0 Å². The van der Waals surface area contributed by atoms with E-state index in [0.29, 0.717) is 24.3 Å². The lowest BCUT2D eigenvalue weighted by molar-refractivity contribution is 0.0999. The van der Waals surface area contributed by atoms with Gasteiger partial charge in [-0.1, -0.05) is 6.07 Å². The zero-order valence-corrected chi connectivity index (χ0v) is 11.0. The number of nitrogens with one attached hydrogen (secondary N) is 1. The van der Waals surface area contributed by atoms with E-state index in [4.69, 9.17) is 5.73 Å². The highest BCUT2D eigenvalue weighted by atomic mass is 16.2. The summed E-state index contributed by atoms with van der Waals surface area (Å²) in [6.07, 6.45) is 0. The number of nitrogens with two attached hydrogens (primary N) is 1. The summed E-state index contributed by atoms with van der Waals surface area (Å²) in [5, 5.41) is 2.75. The minimum Gasteiger partial charge on any atom is -0.366 e. The summed E-state index contributed by atoms with van der Waals surface area (Å²) in [5.41, 5.74) is 7.06. The Balaban J connectivity index is 2.89. The number of hydrogen-bond acceptors (Lipinski definition) is 2. The van der Waals surface area contributed by atoms with Crippen LogP contribution in [0.2, 0.25) is 0 Å². The standard InChI is InChI=1S/C13H19N3O2/c1-4-16(5-2)13(18)15-10-7-6-9(3)11(8-10)12(14)17/h6-8H,4-5H2,1-3H3,(H2,14,17)(H,15,18). The number of rotatable bonds is 4. The van der Waals surface area contributed by atoms with Crippen LogP contribution in [0.4, 0.5) is 10.5 Å². The maximum Gasteiger partial charge on any atom is 0.321 e. The third-order valence-corrected chi connectivity index (χ3v) is 2.80. The van der Waals surface area contributed by atoms with Crippen molar-refractivity contribution in [1.29, 1.82) is 0 Å². The molecular weight excluding hydrogens is 230 g/mol. The normalized spacial score (nSPS) is 9.94. The van der Waals surface area contributed by atoms with Crippen molar-refractivity contribution in [3.05, 3.63) is 29.3 Å². The van der Waals surface area contributed by atoms with E-state index in [1.54, 1.807) is 30.0 Å². The third-order valence-electron chi connectivity index (χ3n) is 2.80. The molecule has 5 heteroatoms. The Hall–Kier alpha value is -2.04. The molecule has 0 unspecified atom stereocenters. The number of benzene rings is 1. The van der Waals surface area contributed by atoms with Gasteiger partial charge in [0.2, 0.25) is 5.91 Å². The highest BCUT2D eigenvalue weighted by Gasteiger charge is 2.11. The molecule has 1 rings (SSSR count). The summed E-state index contributed by atoms with van der Waals surface area (Å²) in [5.74, 6) is -0.494. The molecule has 0 aliphatic heterocycles. The monoisotopic (exact) mass is 249 g/mol. The Morgan fingerprint density at radius 1 is 1.28 bits per heavy atom. The van der Waals surface area contributed by atoms with Gasteiger partial charge in [-0.25, -0.2) is 4.79 Å². The van der Waals surface area contributed by atoms with Crippen molar-refractivity contribution in [2.45, 2.75) is 20.8 Å². The number of primary amides is 1. The average Bonchev–Trinajstić information content (AvgIpc) is 2.32. The summed E-state index contributed by atoms with van der Waals surface area (Å²) < 4.78 is 0. The number of carbonyl (C=O) groups excluding carboxylic acids is 2. The first kappa shape index (κ1) is 14.0. The van der Waals surface area contributed by atoms with Crippen molar-refractivity contribution in [3.63, 3.8) is 0 Å². The second-order valence-corrected chi connectivity index (χ2v) is 4.00. The van der Waals surface area contributed by atoms with Gasteiger partial charge in [-0.3, -0.25) is 4.79 Å². The van der Waals surface area contributed by atoms with Gasteiger partial charge in [0.15, 0.2) is 0 Å². The summed E-state index contributed by atoms with van der Waals surface area (Å²) in [6.45, 7) is 6.89. The van der Waals surface area contributed by atoms with Crippen LogP contribution in [0.15, 0.2) is 18.2 Å².